The molecule has 1 saturated carbocycles. The van der Waals surface area contributed by atoms with Crippen molar-refractivity contribution in [3.8, 4) is 0 Å². The van der Waals surface area contributed by atoms with Crippen LogP contribution in [-0.2, 0) is 13.6 Å². The van der Waals surface area contributed by atoms with Gasteiger partial charge in [-0.1, -0.05) is 0 Å². The van der Waals surface area contributed by atoms with E-state index in [1.807, 2.05) is 19.4 Å². The second kappa shape index (κ2) is 3.14. The van der Waals surface area contributed by atoms with Crippen LogP contribution in [0.1, 0.15) is 32.0 Å². The van der Waals surface area contributed by atoms with Gasteiger partial charge in [-0.2, -0.15) is 0 Å². The molecule has 0 spiro atoms. The van der Waals surface area contributed by atoms with Crippen molar-refractivity contribution >= 4 is 0 Å². The van der Waals surface area contributed by atoms with E-state index in [1.165, 1.54) is 19.3 Å². The lowest BCUT2D eigenvalue weighted by Gasteiger charge is -2.39. The molecule has 0 amide bonds. The lowest BCUT2D eigenvalue weighted by Crippen LogP contribution is -2.47. The van der Waals surface area contributed by atoms with Crippen LogP contribution in [0.3, 0.4) is 0 Å². The van der Waals surface area contributed by atoms with Crippen molar-refractivity contribution in [2.75, 3.05) is 0 Å². The van der Waals surface area contributed by atoms with Gasteiger partial charge in [-0.25, -0.2) is 4.98 Å². The molecular formula is C10H17N3. The fourth-order valence-corrected chi connectivity index (χ4v) is 1.74. The molecule has 0 saturated heterocycles. The van der Waals surface area contributed by atoms with Gasteiger partial charge in [0.05, 0.1) is 6.54 Å². The van der Waals surface area contributed by atoms with Crippen molar-refractivity contribution in [3.63, 3.8) is 0 Å². The first-order valence-electron chi connectivity index (χ1n) is 4.91. The van der Waals surface area contributed by atoms with E-state index in [-0.39, 0.29) is 0 Å². The average Bonchev–Trinajstić information content (AvgIpc) is 2.44. The zero-order valence-electron chi connectivity index (χ0n) is 8.38. The molecule has 1 N–H and O–H groups in total. The minimum absolute atomic E-state index is 0.381. The zero-order valence-corrected chi connectivity index (χ0v) is 8.38. The van der Waals surface area contributed by atoms with Gasteiger partial charge < -0.3 is 9.88 Å². The molecule has 1 aromatic rings. The number of imidazole rings is 1. The first-order valence-corrected chi connectivity index (χ1v) is 4.91. The number of nitrogens with zero attached hydrogens (tertiary/aromatic N) is 2. The van der Waals surface area contributed by atoms with E-state index in [1.54, 1.807) is 0 Å². The third-order valence-corrected chi connectivity index (χ3v) is 3.05. The highest BCUT2D eigenvalue weighted by Crippen LogP contribution is 2.30. The number of aromatic nitrogens is 2. The van der Waals surface area contributed by atoms with Crippen molar-refractivity contribution < 1.29 is 0 Å². The normalized spacial score (nSPS) is 19.8. The molecule has 0 radical (unpaired) electrons. The molecule has 1 fully saturated rings. The van der Waals surface area contributed by atoms with Gasteiger partial charge in [0.1, 0.15) is 5.82 Å². The van der Waals surface area contributed by atoms with Crippen LogP contribution < -0.4 is 5.32 Å². The number of nitrogens with one attached hydrogen (secondary N) is 1. The molecule has 0 aromatic carbocycles. The van der Waals surface area contributed by atoms with E-state index < -0.39 is 0 Å². The van der Waals surface area contributed by atoms with Gasteiger partial charge in [0.2, 0.25) is 0 Å². The quantitative estimate of drug-likeness (QED) is 0.761. The molecule has 0 atom stereocenters. The first kappa shape index (κ1) is 8.75. The number of hydrogen-bond acceptors (Lipinski definition) is 2. The fourth-order valence-electron chi connectivity index (χ4n) is 1.74. The summed E-state index contributed by atoms with van der Waals surface area (Å²) >= 11 is 0. The lowest BCUT2D eigenvalue weighted by molar-refractivity contribution is 0.204. The second-order valence-electron chi connectivity index (χ2n) is 4.22. The second-order valence-corrected chi connectivity index (χ2v) is 4.22. The maximum absolute atomic E-state index is 4.28. The van der Waals surface area contributed by atoms with Gasteiger partial charge in [-0.15, -0.1) is 0 Å². The third-order valence-electron chi connectivity index (χ3n) is 3.05. The number of hydrogen-bond donors (Lipinski definition) is 1. The van der Waals surface area contributed by atoms with Gasteiger partial charge in [-0.3, -0.25) is 0 Å². The molecule has 0 unspecified atom stereocenters. The Bertz CT molecular complexity index is 286. The molecule has 0 aliphatic heterocycles. The van der Waals surface area contributed by atoms with Crippen LogP contribution >= 0.6 is 0 Å². The highest BCUT2D eigenvalue weighted by molar-refractivity contribution is 4.96. The summed E-state index contributed by atoms with van der Waals surface area (Å²) in [5.41, 5.74) is 0.381. The summed E-state index contributed by atoms with van der Waals surface area (Å²) in [4.78, 5) is 4.28. The molecule has 3 heteroatoms. The lowest BCUT2D eigenvalue weighted by atomic mass is 9.78. The third kappa shape index (κ3) is 1.75. The predicted molar refractivity (Wildman–Crippen MR) is 52.3 cm³/mol. The van der Waals surface area contributed by atoms with Crippen LogP contribution in [0.4, 0.5) is 0 Å². The summed E-state index contributed by atoms with van der Waals surface area (Å²) in [5, 5.41) is 3.56. The van der Waals surface area contributed by atoms with Crippen LogP contribution in [0.5, 0.6) is 0 Å². The van der Waals surface area contributed by atoms with Gasteiger partial charge in [0, 0.05) is 25.0 Å². The molecule has 3 nitrogen and oxygen atoms in total. The highest BCUT2D eigenvalue weighted by atomic mass is 15.1. The molecule has 2 rings (SSSR count). The summed E-state index contributed by atoms with van der Waals surface area (Å²) in [6, 6.07) is 0. The van der Waals surface area contributed by atoms with E-state index in [9.17, 15) is 0 Å². The van der Waals surface area contributed by atoms with E-state index in [0.717, 1.165) is 12.4 Å². The molecule has 1 aliphatic carbocycles. The Hall–Kier alpha value is -0.830. The first-order chi connectivity index (χ1) is 6.20. The minimum Gasteiger partial charge on any atom is -0.337 e. The molecule has 72 valence electrons. The largest absolute Gasteiger partial charge is 0.337 e. The molecule has 1 aromatic heterocycles. The Morgan fingerprint density at radius 2 is 2.38 bits per heavy atom. The van der Waals surface area contributed by atoms with Crippen molar-refractivity contribution in [1.29, 1.82) is 0 Å². The summed E-state index contributed by atoms with van der Waals surface area (Å²) < 4.78 is 2.06. The Morgan fingerprint density at radius 1 is 1.62 bits per heavy atom. The van der Waals surface area contributed by atoms with E-state index in [0.29, 0.717) is 5.54 Å². The molecule has 1 aliphatic rings. The number of aryl methyl sites for hydroxylation is 1. The van der Waals surface area contributed by atoms with Gasteiger partial charge in [0.25, 0.3) is 0 Å². The SMILES string of the molecule is Cn1ccnc1CNC1(C)CCC1. The smallest absolute Gasteiger partial charge is 0.122 e. The minimum atomic E-state index is 0.381. The molecule has 0 bridgehead atoms. The van der Waals surface area contributed by atoms with E-state index in [2.05, 4.69) is 21.8 Å². The van der Waals surface area contributed by atoms with Gasteiger partial charge in [0.15, 0.2) is 0 Å². The molecular weight excluding hydrogens is 162 g/mol. The Labute approximate surface area is 79.2 Å². The van der Waals surface area contributed by atoms with Crippen molar-refractivity contribution in [3.05, 3.63) is 18.2 Å². The monoisotopic (exact) mass is 179 g/mol. The summed E-state index contributed by atoms with van der Waals surface area (Å²) in [7, 11) is 2.03. The maximum Gasteiger partial charge on any atom is 0.122 e. The fraction of sp³-hybridized carbons (Fsp3) is 0.700. The molecule has 13 heavy (non-hydrogen) atoms. The van der Waals surface area contributed by atoms with Gasteiger partial charge >= 0.3 is 0 Å². The Balaban J connectivity index is 1.89. The Kier molecular flexibility index (Phi) is 2.12. The Morgan fingerprint density at radius 3 is 2.85 bits per heavy atom. The topological polar surface area (TPSA) is 29.9 Å². The van der Waals surface area contributed by atoms with E-state index >= 15 is 0 Å². The van der Waals surface area contributed by atoms with Crippen LogP contribution in [0.25, 0.3) is 0 Å². The highest BCUT2D eigenvalue weighted by Gasteiger charge is 2.30. The van der Waals surface area contributed by atoms with Gasteiger partial charge in [-0.05, 0) is 26.2 Å². The van der Waals surface area contributed by atoms with Crippen LogP contribution in [0, 0.1) is 0 Å². The van der Waals surface area contributed by atoms with Crippen LogP contribution in [0.2, 0.25) is 0 Å². The summed E-state index contributed by atoms with van der Waals surface area (Å²) in [6.45, 7) is 3.18. The summed E-state index contributed by atoms with van der Waals surface area (Å²) in [5.74, 6) is 1.12. The van der Waals surface area contributed by atoms with Crippen molar-refractivity contribution in [2.45, 2.75) is 38.3 Å². The van der Waals surface area contributed by atoms with E-state index in [4.69, 9.17) is 0 Å². The average molecular weight is 179 g/mol. The van der Waals surface area contributed by atoms with Crippen LogP contribution in [-0.4, -0.2) is 15.1 Å². The summed E-state index contributed by atoms with van der Waals surface area (Å²) in [6.07, 6.45) is 7.80. The van der Waals surface area contributed by atoms with Crippen LogP contribution in [0.15, 0.2) is 12.4 Å². The zero-order chi connectivity index (χ0) is 9.31. The molecule has 1 heterocycles. The van der Waals surface area contributed by atoms with Crippen molar-refractivity contribution in [1.82, 2.24) is 14.9 Å². The standard InChI is InChI=1S/C10H17N3/c1-10(4-3-5-10)12-8-9-11-6-7-13(9)2/h6-7,12H,3-5,8H2,1-2H3. The number of rotatable bonds is 3. The predicted octanol–water partition coefficient (Wildman–Crippen LogP) is 1.45. The maximum atomic E-state index is 4.28. The van der Waals surface area contributed by atoms with Crippen molar-refractivity contribution in [2.24, 2.45) is 7.05 Å².